The van der Waals surface area contributed by atoms with Crippen molar-refractivity contribution in [2.75, 3.05) is 51.7 Å². The van der Waals surface area contributed by atoms with E-state index in [1.165, 1.54) is 0 Å². The van der Waals surface area contributed by atoms with Gasteiger partial charge in [-0.1, -0.05) is 17.7 Å². The summed E-state index contributed by atoms with van der Waals surface area (Å²) >= 11 is 6.09. The molecule has 0 bridgehead atoms. The smallest absolute Gasteiger partial charge is 0.243 e. The lowest BCUT2D eigenvalue weighted by molar-refractivity contribution is -0.127. The number of aliphatic imine (C=N–C) groups is 1. The van der Waals surface area contributed by atoms with Gasteiger partial charge < -0.3 is 20.0 Å². The van der Waals surface area contributed by atoms with Crippen LogP contribution in [0.5, 0.6) is 0 Å². The number of likely N-dealkylation sites (N-methyl/N-ethyl adjacent to an activating group) is 1. The van der Waals surface area contributed by atoms with Gasteiger partial charge in [-0.15, -0.1) is 0 Å². The van der Waals surface area contributed by atoms with Gasteiger partial charge in [0.15, 0.2) is 5.96 Å². The molecule has 0 unspecified atom stereocenters. The normalized spacial score (nSPS) is 15.5. The van der Waals surface area contributed by atoms with Gasteiger partial charge in [0.25, 0.3) is 0 Å². The molecule has 2 rings (SSSR count). The van der Waals surface area contributed by atoms with Gasteiger partial charge in [-0.2, -0.15) is 0 Å². The number of carbonyl (C=O) groups excluding carboxylic acids is 1. The molecular formula is C18H28ClN5O. The quantitative estimate of drug-likeness (QED) is 0.654. The number of nitrogens with zero attached hydrogens (tertiary/aromatic N) is 4. The Kier molecular flexibility index (Phi) is 6.93. The van der Waals surface area contributed by atoms with Gasteiger partial charge in [0.05, 0.1) is 0 Å². The lowest BCUT2D eigenvalue weighted by Crippen LogP contribution is -2.54. The Morgan fingerprint density at radius 2 is 1.96 bits per heavy atom. The Balaban J connectivity index is 2.01. The molecule has 0 radical (unpaired) electrons. The number of carbonyl (C=O) groups is 1. The van der Waals surface area contributed by atoms with Gasteiger partial charge in [-0.25, -0.2) is 4.99 Å². The van der Waals surface area contributed by atoms with E-state index in [2.05, 4.69) is 40.0 Å². The summed E-state index contributed by atoms with van der Waals surface area (Å²) in [6.07, 6.45) is 0. The third-order valence-electron chi connectivity index (χ3n) is 4.03. The number of amides is 1. The van der Waals surface area contributed by atoms with Gasteiger partial charge in [0.1, 0.15) is 6.54 Å². The largest absolute Gasteiger partial charge is 0.368 e. The first-order valence-corrected chi connectivity index (χ1v) is 9.01. The fourth-order valence-electron chi connectivity index (χ4n) is 2.63. The molecule has 1 heterocycles. The number of anilines is 1. The molecule has 138 valence electrons. The van der Waals surface area contributed by atoms with Gasteiger partial charge in [-0.05, 0) is 32.0 Å². The predicted octanol–water partition coefficient (Wildman–Crippen LogP) is 1.90. The maximum atomic E-state index is 11.8. The molecule has 1 aromatic carbocycles. The van der Waals surface area contributed by atoms with Crippen LogP contribution in [-0.2, 0) is 4.79 Å². The Morgan fingerprint density at radius 3 is 2.52 bits per heavy atom. The van der Waals surface area contributed by atoms with E-state index in [1.54, 1.807) is 19.0 Å². The van der Waals surface area contributed by atoms with E-state index >= 15 is 0 Å². The molecule has 6 nitrogen and oxygen atoms in total. The number of guanidine groups is 1. The van der Waals surface area contributed by atoms with Crippen molar-refractivity contribution in [2.45, 2.75) is 19.9 Å². The molecule has 0 saturated carbocycles. The lowest BCUT2D eigenvalue weighted by atomic mass is 10.2. The summed E-state index contributed by atoms with van der Waals surface area (Å²) in [7, 11) is 3.49. The average Bonchev–Trinajstić information content (AvgIpc) is 2.58. The van der Waals surface area contributed by atoms with E-state index in [4.69, 9.17) is 11.6 Å². The number of nitrogens with one attached hydrogen (secondary N) is 1. The Hall–Kier alpha value is -1.95. The van der Waals surface area contributed by atoms with Gasteiger partial charge in [0, 0.05) is 57.0 Å². The number of benzene rings is 1. The van der Waals surface area contributed by atoms with Crippen LogP contribution in [0, 0.1) is 0 Å². The molecule has 25 heavy (non-hydrogen) atoms. The van der Waals surface area contributed by atoms with Gasteiger partial charge in [-0.3, -0.25) is 4.79 Å². The van der Waals surface area contributed by atoms with Crippen LogP contribution in [-0.4, -0.2) is 74.5 Å². The second-order valence-corrected chi connectivity index (χ2v) is 7.12. The van der Waals surface area contributed by atoms with Crippen molar-refractivity contribution < 1.29 is 4.79 Å². The zero-order chi connectivity index (χ0) is 18.4. The molecule has 1 fully saturated rings. The summed E-state index contributed by atoms with van der Waals surface area (Å²) in [6.45, 7) is 7.79. The first-order chi connectivity index (χ1) is 11.9. The predicted molar refractivity (Wildman–Crippen MR) is 105 cm³/mol. The molecule has 0 aromatic heterocycles. The number of rotatable bonds is 4. The van der Waals surface area contributed by atoms with E-state index in [0.29, 0.717) is 0 Å². The molecule has 1 N–H and O–H groups in total. The molecule has 1 aliphatic heterocycles. The zero-order valence-corrected chi connectivity index (χ0v) is 16.3. The van der Waals surface area contributed by atoms with Crippen LogP contribution in [0.1, 0.15) is 13.8 Å². The maximum Gasteiger partial charge on any atom is 0.243 e. The highest BCUT2D eigenvalue weighted by molar-refractivity contribution is 6.30. The molecule has 1 aromatic rings. The van der Waals surface area contributed by atoms with Crippen LogP contribution in [0.25, 0.3) is 0 Å². The van der Waals surface area contributed by atoms with Crippen molar-refractivity contribution in [3.63, 3.8) is 0 Å². The van der Waals surface area contributed by atoms with Crippen molar-refractivity contribution in [3.05, 3.63) is 29.3 Å². The standard InChI is InChI=1S/C18H28ClN5O/c1-14(2)21-18(20-13-17(25)22(3)4)24-10-8-23(9-11-24)16-7-5-6-15(19)12-16/h5-7,12,14H,8-11,13H2,1-4H3,(H,20,21). The van der Waals surface area contributed by atoms with Crippen molar-refractivity contribution in [1.82, 2.24) is 15.1 Å². The minimum Gasteiger partial charge on any atom is -0.368 e. The van der Waals surface area contributed by atoms with Crippen LogP contribution >= 0.6 is 11.6 Å². The number of halogens is 1. The van der Waals surface area contributed by atoms with Crippen LogP contribution in [0.15, 0.2) is 29.3 Å². The number of piperazine rings is 1. The van der Waals surface area contributed by atoms with E-state index in [1.807, 2.05) is 18.2 Å². The highest BCUT2D eigenvalue weighted by Crippen LogP contribution is 2.20. The molecule has 7 heteroatoms. The Morgan fingerprint density at radius 1 is 1.28 bits per heavy atom. The second kappa shape index (κ2) is 8.94. The summed E-state index contributed by atoms with van der Waals surface area (Å²) in [4.78, 5) is 22.5. The van der Waals surface area contributed by atoms with Gasteiger partial charge in [0.2, 0.25) is 5.91 Å². The summed E-state index contributed by atoms with van der Waals surface area (Å²) in [6, 6.07) is 8.21. The molecule has 1 amide bonds. The molecule has 0 aliphatic carbocycles. The third-order valence-corrected chi connectivity index (χ3v) is 4.27. The summed E-state index contributed by atoms with van der Waals surface area (Å²) in [5, 5.41) is 4.13. The summed E-state index contributed by atoms with van der Waals surface area (Å²) in [5.74, 6) is 0.802. The number of hydrogen-bond donors (Lipinski definition) is 1. The average molecular weight is 366 g/mol. The molecule has 0 atom stereocenters. The van der Waals surface area contributed by atoms with E-state index in [0.717, 1.165) is 42.8 Å². The van der Waals surface area contributed by atoms with Crippen LogP contribution < -0.4 is 10.2 Å². The first kappa shape index (κ1) is 19.4. The summed E-state index contributed by atoms with van der Waals surface area (Å²) < 4.78 is 0. The SMILES string of the molecule is CC(C)NC(=NCC(=O)N(C)C)N1CCN(c2cccc(Cl)c2)CC1. The monoisotopic (exact) mass is 365 g/mol. The topological polar surface area (TPSA) is 51.2 Å². The Bertz CT molecular complexity index is 609. The van der Waals surface area contributed by atoms with Crippen LogP contribution in [0.4, 0.5) is 5.69 Å². The fraction of sp³-hybridized carbons (Fsp3) is 0.556. The van der Waals surface area contributed by atoms with Crippen molar-refractivity contribution in [1.29, 1.82) is 0 Å². The van der Waals surface area contributed by atoms with E-state index < -0.39 is 0 Å². The van der Waals surface area contributed by atoms with E-state index in [-0.39, 0.29) is 18.5 Å². The molecule has 1 saturated heterocycles. The summed E-state index contributed by atoms with van der Waals surface area (Å²) in [5.41, 5.74) is 1.14. The minimum atomic E-state index is 0.000574. The molecule has 1 aliphatic rings. The van der Waals surface area contributed by atoms with Gasteiger partial charge >= 0.3 is 0 Å². The minimum absolute atomic E-state index is 0.000574. The lowest BCUT2D eigenvalue weighted by Gasteiger charge is -2.38. The highest BCUT2D eigenvalue weighted by atomic mass is 35.5. The second-order valence-electron chi connectivity index (χ2n) is 6.68. The van der Waals surface area contributed by atoms with Crippen LogP contribution in [0.2, 0.25) is 5.02 Å². The molecular weight excluding hydrogens is 338 g/mol. The van der Waals surface area contributed by atoms with Crippen molar-refractivity contribution in [3.8, 4) is 0 Å². The number of hydrogen-bond acceptors (Lipinski definition) is 3. The maximum absolute atomic E-state index is 11.8. The van der Waals surface area contributed by atoms with Crippen molar-refractivity contribution in [2.24, 2.45) is 4.99 Å². The zero-order valence-electron chi connectivity index (χ0n) is 15.5. The fourth-order valence-corrected chi connectivity index (χ4v) is 2.81. The third kappa shape index (κ3) is 5.81. The molecule has 0 spiro atoms. The highest BCUT2D eigenvalue weighted by Gasteiger charge is 2.21. The van der Waals surface area contributed by atoms with Crippen molar-refractivity contribution >= 4 is 29.2 Å². The first-order valence-electron chi connectivity index (χ1n) is 8.63. The van der Waals surface area contributed by atoms with Crippen LogP contribution in [0.3, 0.4) is 0 Å². The van der Waals surface area contributed by atoms with E-state index in [9.17, 15) is 4.79 Å². The Labute approximate surface area is 155 Å².